The third kappa shape index (κ3) is 4.71. The van der Waals surface area contributed by atoms with Crippen molar-refractivity contribution in [3.05, 3.63) is 63.8 Å². The first-order chi connectivity index (χ1) is 14.2. The molecule has 0 radical (unpaired) electrons. The molecule has 0 fully saturated rings. The van der Waals surface area contributed by atoms with E-state index in [1.165, 1.54) is 12.3 Å². The van der Waals surface area contributed by atoms with E-state index in [0.29, 0.717) is 10.7 Å². The van der Waals surface area contributed by atoms with Crippen LogP contribution >= 0.6 is 23.2 Å². The van der Waals surface area contributed by atoms with Gasteiger partial charge in [0.1, 0.15) is 5.15 Å². The Hall–Kier alpha value is -2.71. The van der Waals surface area contributed by atoms with Crippen LogP contribution in [-0.2, 0) is 12.7 Å². The number of aromatic nitrogens is 1. The van der Waals surface area contributed by atoms with Crippen molar-refractivity contribution in [1.82, 2.24) is 9.99 Å². The molecule has 0 atom stereocenters. The maximum absolute atomic E-state index is 12.9. The number of fused-ring (bicyclic) bond motifs is 1. The number of rotatable bonds is 5. The number of hydrogen-bond donors (Lipinski definition) is 2. The van der Waals surface area contributed by atoms with Crippen LogP contribution in [0.4, 0.5) is 23.7 Å². The SMILES string of the molecule is CCCn1c(Cl)c(/C=N/NC(=O)Nc2ccc(Cl)c(C(F)(F)F)c2)c2ccccc21. The number of alkyl halides is 3. The van der Waals surface area contributed by atoms with E-state index in [2.05, 4.69) is 15.8 Å². The number of carbonyl (C=O) groups is 1. The summed E-state index contributed by atoms with van der Waals surface area (Å²) in [6, 6.07) is 9.86. The van der Waals surface area contributed by atoms with Gasteiger partial charge in [0.25, 0.3) is 0 Å². The van der Waals surface area contributed by atoms with Crippen LogP contribution in [0.5, 0.6) is 0 Å². The molecule has 0 aliphatic heterocycles. The molecule has 3 aromatic rings. The third-order valence-corrected chi connectivity index (χ3v) is 5.02. The van der Waals surface area contributed by atoms with Crippen LogP contribution in [0.1, 0.15) is 24.5 Å². The van der Waals surface area contributed by atoms with Crippen LogP contribution in [0.15, 0.2) is 47.6 Å². The van der Waals surface area contributed by atoms with Gasteiger partial charge in [-0.1, -0.05) is 48.3 Å². The maximum atomic E-state index is 12.9. The Balaban J connectivity index is 1.75. The van der Waals surface area contributed by atoms with Gasteiger partial charge in [0.2, 0.25) is 0 Å². The van der Waals surface area contributed by atoms with Gasteiger partial charge < -0.3 is 9.88 Å². The maximum Gasteiger partial charge on any atom is 0.417 e. The van der Waals surface area contributed by atoms with E-state index >= 15 is 0 Å². The summed E-state index contributed by atoms with van der Waals surface area (Å²) in [4.78, 5) is 12.0. The molecule has 158 valence electrons. The first kappa shape index (κ1) is 22.0. The lowest BCUT2D eigenvalue weighted by atomic mass is 10.2. The molecule has 0 bridgehead atoms. The molecule has 2 aromatic carbocycles. The minimum Gasteiger partial charge on any atom is -0.331 e. The molecule has 2 amide bonds. The monoisotopic (exact) mass is 456 g/mol. The molecule has 0 spiro atoms. The van der Waals surface area contributed by atoms with Crippen molar-refractivity contribution in [2.75, 3.05) is 5.32 Å². The highest BCUT2D eigenvalue weighted by Gasteiger charge is 2.33. The summed E-state index contributed by atoms with van der Waals surface area (Å²) in [7, 11) is 0. The molecule has 0 saturated heterocycles. The van der Waals surface area contributed by atoms with E-state index in [9.17, 15) is 18.0 Å². The fraction of sp³-hybridized carbons (Fsp3) is 0.200. The molecule has 30 heavy (non-hydrogen) atoms. The van der Waals surface area contributed by atoms with Gasteiger partial charge in [0.15, 0.2) is 0 Å². The lowest BCUT2D eigenvalue weighted by Crippen LogP contribution is -2.24. The van der Waals surface area contributed by atoms with Crippen molar-refractivity contribution in [3.63, 3.8) is 0 Å². The van der Waals surface area contributed by atoms with Gasteiger partial charge >= 0.3 is 12.2 Å². The van der Waals surface area contributed by atoms with Gasteiger partial charge in [-0.05, 0) is 30.7 Å². The summed E-state index contributed by atoms with van der Waals surface area (Å²) in [5.41, 5.74) is 2.68. The molecule has 1 aromatic heterocycles. The topological polar surface area (TPSA) is 58.4 Å². The number of amides is 2. The Labute approximate surface area is 180 Å². The Morgan fingerprint density at radius 1 is 1.20 bits per heavy atom. The molecule has 0 aliphatic carbocycles. The standard InChI is InChI=1S/C20H17Cl2F3N4O/c1-2-9-29-17-6-4-3-5-13(17)14(18(29)22)11-26-28-19(30)27-12-7-8-16(21)15(10-12)20(23,24)25/h3-8,10-11H,2,9H2,1H3,(H2,27,28,30)/b26-11+. The normalized spacial score (nSPS) is 11.9. The zero-order chi connectivity index (χ0) is 21.9. The number of para-hydroxylation sites is 1. The zero-order valence-corrected chi connectivity index (χ0v) is 17.2. The summed E-state index contributed by atoms with van der Waals surface area (Å²) in [6.07, 6.45) is -2.34. The van der Waals surface area contributed by atoms with Crippen molar-refractivity contribution in [1.29, 1.82) is 0 Å². The predicted octanol–water partition coefficient (Wildman–Crippen LogP) is 6.53. The van der Waals surface area contributed by atoms with E-state index in [1.807, 2.05) is 35.8 Å². The van der Waals surface area contributed by atoms with E-state index in [0.717, 1.165) is 36.0 Å². The van der Waals surface area contributed by atoms with Crippen molar-refractivity contribution in [3.8, 4) is 0 Å². The molecule has 0 aliphatic rings. The predicted molar refractivity (Wildman–Crippen MR) is 113 cm³/mol. The zero-order valence-electron chi connectivity index (χ0n) is 15.7. The van der Waals surface area contributed by atoms with E-state index < -0.39 is 22.8 Å². The third-order valence-electron chi connectivity index (χ3n) is 4.28. The van der Waals surface area contributed by atoms with Crippen LogP contribution in [0, 0.1) is 0 Å². The molecular weight excluding hydrogens is 440 g/mol. The van der Waals surface area contributed by atoms with Crippen LogP contribution in [0.3, 0.4) is 0 Å². The van der Waals surface area contributed by atoms with Gasteiger partial charge in [0.05, 0.1) is 16.8 Å². The Kier molecular flexibility index (Phi) is 6.58. The Morgan fingerprint density at radius 2 is 1.93 bits per heavy atom. The molecule has 2 N–H and O–H groups in total. The second-order valence-corrected chi connectivity index (χ2v) is 7.15. The largest absolute Gasteiger partial charge is 0.417 e. The van der Waals surface area contributed by atoms with Gasteiger partial charge in [-0.15, -0.1) is 0 Å². The summed E-state index contributed by atoms with van der Waals surface area (Å²) in [5.74, 6) is 0. The van der Waals surface area contributed by atoms with Crippen molar-refractivity contribution < 1.29 is 18.0 Å². The van der Waals surface area contributed by atoms with Crippen LogP contribution < -0.4 is 10.7 Å². The number of anilines is 1. The first-order valence-electron chi connectivity index (χ1n) is 8.96. The van der Waals surface area contributed by atoms with Crippen LogP contribution in [0.2, 0.25) is 10.2 Å². The average molecular weight is 457 g/mol. The van der Waals surface area contributed by atoms with E-state index in [4.69, 9.17) is 23.2 Å². The van der Waals surface area contributed by atoms with Crippen molar-refractivity contribution in [2.24, 2.45) is 5.10 Å². The van der Waals surface area contributed by atoms with Gasteiger partial charge in [0, 0.05) is 28.7 Å². The molecule has 5 nitrogen and oxygen atoms in total. The summed E-state index contributed by atoms with van der Waals surface area (Å²) in [6.45, 7) is 2.75. The summed E-state index contributed by atoms with van der Waals surface area (Å²) >= 11 is 12.0. The van der Waals surface area contributed by atoms with Crippen molar-refractivity contribution in [2.45, 2.75) is 26.1 Å². The number of nitrogens with zero attached hydrogens (tertiary/aromatic N) is 2. The quantitative estimate of drug-likeness (QED) is 0.332. The van der Waals surface area contributed by atoms with Crippen molar-refractivity contribution >= 4 is 52.0 Å². The fourth-order valence-electron chi connectivity index (χ4n) is 3.00. The first-order valence-corrected chi connectivity index (χ1v) is 9.71. The number of hydrogen-bond acceptors (Lipinski definition) is 2. The van der Waals surface area contributed by atoms with Crippen LogP contribution in [-0.4, -0.2) is 16.8 Å². The van der Waals surface area contributed by atoms with Gasteiger partial charge in [-0.3, -0.25) is 0 Å². The second-order valence-electron chi connectivity index (χ2n) is 6.39. The summed E-state index contributed by atoms with van der Waals surface area (Å²) in [5, 5.41) is 7.06. The highest BCUT2D eigenvalue weighted by atomic mass is 35.5. The number of benzene rings is 2. The number of hydrazone groups is 1. The highest BCUT2D eigenvalue weighted by molar-refractivity contribution is 6.34. The molecule has 1 heterocycles. The van der Waals surface area contributed by atoms with E-state index in [-0.39, 0.29) is 5.69 Å². The molecule has 0 saturated carbocycles. The smallest absolute Gasteiger partial charge is 0.331 e. The lowest BCUT2D eigenvalue weighted by Gasteiger charge is -2.11. The minimum absolute atomic E-state index is 0.0722. The number of urea groups is 1. The van der Waals surface area contributed by atoms with E-state index in [1.54, 1.807) is 0 Å². The Bertz CT molecular complexity index is 1110. The molecule has 10 heteroatoms. The number of carbonyl (C=O) groups excluding carboxylic acids is 1. The second kappa shape index (κ2) is 8.97. The van der Waals surface area contributed by atoms with Crippen LogP contribution in [0.25, 0.3) is 10.9 Å². The highest BCUT2D eigenvalue weighted by Crippen LogP contribution is 2.36. The Morgan fingerprint density at radius 3 is 2.63 bits per heavy atom. The lowest BCUT2D eigenvalue weighted by molar-refractivity contribution is -0.137. The number of halogens is 5. The van der Waals surface area contributed by atoms with Gasteiger partial charge in [-0.25, -0.2) is 10.2 Å². The fourth-order valence-corrected chi connectivity index (χ4v) is 3.55. The molecule has 0 unspecified atom stereocenters. The number of nitrogens with one attached hydrogen (secondary N) is 2. The summed E-state index contributed by atoms with van der Waals surface area (Å²) < 4.78 is 40.7. The van der Waals surface area contributed by atoms with Gasteiger partial charge in [-0.2, -0.15) is 18.3 Å². The molecule has 3 rings (SSSR count). The average Bonchev–Trinajstić information content (AvgIpc) is 2.95. The number of aryl methyl sites for hydroxylation is 1. The molecular formula is C20H17Cl2F3N4O. The minimum atomic E-state index is -4.63.